The number of carbonyl (C=O) groups excluding carboxylic acids is 1. The monoisotopic (exact) mass is 1040 g/mol. The molecule has 1 rings (SSSR count). The van der Waals surface area contributed by atoms with E-state index in [0.29, 0.717) is 6.42 Å². The number of allylic oxidation sites excluding steroid dienone is 1. The van der Waals surface area contributed by atoms with Crippen LogP contribution in [0.1, 0.15) is 335 Å². The quantitative estimate of drug-likeness (QED) is 0.0261. The van der Waals surface area contributed by atoms with E-state index in [1.54, 1.807) is 6.08 Å². The van der Waals surface area contributed by atoms with Gasteiger partial charge in [-0.15, -0.1) is 0 Å². The van der Waals surface area contributed by atoms with Crippen LogP contribution >= 0.6 is 0 Å². The van der Waals surface area contributed by atoms with E-state index >= 15 is 0 Å². The molecule has 0 aromatic carbocycles. The smallest absolute Gasteiger partial charge is 0.220 e. The zero-order valence-electron chi connectivity index (χ0n) is 48.4. The third-order valence-corrected chi connectivity index (χ3v) is 15.9. The van der Waals surface area contributed by atoms with Crippen molar-refractivity contribution in [3.8, 4) is 0 Å². The molecule has 9 nitrogen and oxygen atoms in total. The third-order valence-electron chi connectivity index (χ3n) is 15.9. The highest BCUT2D eigenvalue weighted by Crippen LogP contribution is 2.23. The molecule has 0 radical (unpaired) electrons. The van der Waals surface area contributed by atoms with E-state index in [1.807, 2.05) is 6.08 Å². The van der Waals surface area contributed by atoms with Crippen molar-refractivity contribution in [3.63, 3.8) is 0 Å². The Bertz CT molecular complexity index is 1150. The van der Waals surface area contributed by atoms with E-state index in [-0.39, 0.29) is 12.5 Å². The zero-order chi connectivity index (χ0) is 52.9. The Balaban J connectivity index is 2.00. The van der Waals surface area contributed by atoms with Crippen molar-refractivity contribution in [2.24, 2.45) is 0 Å². The summed E-state index contributed by atoms with van der Waals surface area (Å²) in [6, 6.07) is -0.799. The van der Waals surface area contributed by atoms with Gasteiger partial charge in [0.05, 0.1) is 25.4 Å². The summed E-state index contributed by atoms with van der Waals surface area (Å²) in [5, 5.41) is 54.4. The molecule has 7 atom stereocenters. The topological polar surface area (TPSA) is 149 Å². The summed E-state index contributed by atoms with van der Waals surface area (Å²) in [5.74, 6) is -0.170. The van der Waals surface area contributed by atoms with Gasteiger partial charge in [0, 0.05) is 6.42 Å². The number of aliphatic hydroxyl groups is 5. The maximum Gasteiger partial charge on any atom is 0.220 e. The van der Waals surface area contributed by atoms with Gasteiger partial charge < -0.3 is 40.3 Å². The molecule has 1 aliphatic rings. The van der Waals surface area contributed by atoms with Crippen LogP contribution in [0.5, 0.6) is 0 Å². The molecule has 1 aliphatic heterocycles. The Hall–Kier alpha value is -1.07. The number of amides is 1. The molecular weight excluding hydrogens is 911 g/mol. The maximum atomic E-state index is 13.0. The Morgan fingerprint density at radius 2 is 0.753 bits per heavy atom. The molecule has 7 unspecified atom stereocenters. The fourth-order valence-electron chi connectivity index (χ4n) is 10.8. The molecule has 0 saturated carbocycles. The van der Waals surface area contributed by atoms with Gasteiger partial charge in [-0.3, -0.25) is 4.79 Å². The van der Waals surface area contributed by atoms with Crippen LogP contribution in [0.3, 0.4) is 0 Å². The van der Waals surface area contributed by atoms with Crippen LogP contribution < -0.4 is 5.32 Å². The largest absolute Gasteiger partial charge is 0.394 e. The van der Waals surface area contributed by atoms with E-state index in [1.165, 1.54) is 276 Å². The molecule has 6 N–H and O–H groups in total. The molecule has 1 saturated heterocycles. The number of hydrogen-bond acceptors (Lipinski definition) is 8. The maximum absolute atomic E-state index is 13.0. The molecule has 0 aromatic heterocycles. The number of unbranched alkanes of at least 4 members (excludes halogenated alkanes) is 47. The lowest BCUT2D eigenvalue weighted by Gasteiger charge is -2.40. The van der Waals surface area contributed by atoms with E-state index in [4.69, 9.17) is 9.47 Å². The number of carbonyl (C=O) groups is 1. The van der Waals surface area contributed by atoms with Gasteiger partial charge in [0.15, 0.2) is 6.29 Å². The fraction of sp³-hybridized carbons (Fsp3) is 0.953. The first-order chi connectivity index (χ1) is 35.8. The molecule has 0 aromatic rings. The lowest BCUT2D eigenvalue weighted by Crippen LogP contribution is -2.60. The molecule has 1 amide bonds. The molecule has 1 fully saturated rings. The molecule has 73 heavy (non-hydrogen) atoms. The fourth-order valence-corrected chi connectivity index (χ4v) is 10.8. The highest BCUT2D eigenvalue weighted by molar-refractivity contribution is 5.76. The minimum Gasteiger partial charge on any atom is -0.394 e. The van der Waals surface area contributed by atoms with Crippen molar-refractivity contribution in [2.45, 2.75) is 378 Å². The van der Waals surface area contributed by atoms with Crippen LogP contribution in [0, 0.1) is 0 Å². The minimum atomic E-state index is -1.56. The summed E-state index contributed by atoms with van der Waals surface area (Å²) in [4.78, 5) is 13.0. The number of ether oxygens (including phenoxy) is 2. The molecule has 434 valence electrons. The lowest BCUT2D eigenvalue weighted by atomic mass is 9.99. The molecule has 0 spiro atoms. The lowest BCUT2D eigenvalue weighted by molar-refractivity contribution is -0.302. The molecule has 0 bridgehead atoms. The molecule has 9 heteroatoms. The van der Waals surface area contributed by atoms with Gasteiger partial charge in [-0.2, -0.15) is 0 Å². The van der Waals surface area contributed by atoms with Gasteiger partial charge in [0.2, 0.25) is 5.91 Å². The first-order valence-corrected chi connectivity index (χ1v) is 32.4. The minimum absolute atomic E-state index is 0.170. The average Bonchev–Trinajstić information content (AvgIpc) is 3.39. The third kappa shape index (κ3) is 43.6. The van der Waals surface area contributed by atoms with Crippen LogP contribution in [0.4, 0.5) is 0 Å². The Morgan fingerprint density at radius 1 is 0.452 bits per heavy atom. The van der Waals surface area contributed by atoms with Gasteiger partial charge in [-0.1, -0.05) is 321 Å². The van der Waals surface area contributed by atoms with E-state index in [9.17, 15) is 30.3 Å². The van der Waals surface area contributed by atoms with Crippen molar-refractivity contribution >= 4 is 5.91 Å². The number of rotatable bonds is 57. The van der Waals surface area contributed by atoms with Crippen LogP contribution in [0.2, 0.25) is 0 Å². The SMILES string of the molecule is CCCCCCCCCCCC/C=C/C(O)C(COC1OC(CO)C(O)C(O)C1O)NC(=O)CCCCCCCCCCCCCCCCCCCCCCCCCCCCCCCCCCCCCCCC. The Labute approximate surface area is 452 Å². The van der Waals surface area contributed by atoms with Crippen LogP contribution in [-0.2, 0) is 14.3 Å². The van der Waals surface area contributed by atoms with Crippen molar-refractivity contribution < 1.29 is 39.8 Å². The predicted octanol–water partition coefficient (Wildman–Crippen LogP) is 16.7. The first-order valence-electron chi connectivity index (χ1n) is 32.4. The highest BCUT2D eigenvalue weighted by atomic mass is 16.7. The average molecular weight is 1040 g/mol. The summed E-state index contributed by atoms with van der Waals surface area (Å²) >= 11 is 0. The van der Waals surface area contributed by atoms with Crippen LogP contribution in [0.25, 0.3) is 0 Å². The normalized spacial score (nSPS) is 19.0. The molecular formula is C64H125NO8. The number of hydrogen-bond donors (Lipinski definition) is 6. The van der Waals surface area contributed by atoms with Crippen molar-refractivity contribution in [2.75, 3.05) is 13.2 Å². The summed E-state index contributed by atoms with van der Waals surface area (Å²) in [6.45, 7) is 3.80. The van der Waals surface area contributed by atoms with E-state index in [0.717, 1.165) is 38.5 Å². The van der Waals surface area contributed by atoms with Crippen molar-refractivity contribution in [1.29, 1.82) is 0 Å². The second kappa shape index (κ2) is 54.3. The van der Waals surface area contributed by atoms with Crippen molar-refractivity contribution in [3.05, 3.63) is 12.2 Å². The van der Waals surface area contributed by atoms with Gasteiger partial charge in [0.25, 0.3) is 0 Å². The van der Waals surface area contributed by atoms with Crippen LogP contribution in [0.15, 0.2) is 12.2 Å². The summed E-state index contributed by atoms with van der Waals surface area (Å²) in [5.41, 5.74) is 0. The van der Waals surface area contributed by atoms with E-state index in [2.05, 4.69) is 19.2 Å². The number of nitrogens with one attached hydrogen (secondary N) is 1. The standard InChI is InChI=1S/C64H125NO8/c1-3-5-7-9-11-13-15-17-18-19-20-21-22-23-24-25-26-27-28-29-30-31-32-33-34-35-36-37-38-39-40-41-42-44-46-48-50-52-54-60(68)65-57(56-72-64-63(71)62(70)61(69)59(55-66)73-64)58(67)53-51-49-47-45-43-16-14-12-10-8-6-4-2/h51,53,57-59,61-64,66-67,69-71H,3-50,52,54-56H2,1-2H3,(H,65,68)/b53-51+. The highest BCUT2D eigenvalue weighted by Gasteiger charge is 2.44. The van der Waals surface area contributed by atoms with E-state index < -0.39 is 49.5 Å². The summed E-state index contributed by atoms with van der Waals surface area (Å²) < 4.78 is 11.3. The van der Waals surface area contributed by atoms with Gasteiger partial charge in [-0.05, 0) is 19.3 Å². The summed E-state index contributed by atoms with van der Waals surface area (Å²) in [6.07, 6.45) is 62.0. The predicted molar refractivity (Wildman–Crippen MR) is 309 cm³/mol. The second-order valence-corrected chi connectivity index (χ2v) is 22.9. The van der Waals surface area contributed by atoms with Gasteiger partial charge >= 0.3 is 0 Å². The second-order valence-electron chi connectivity index (χ2n) is 22.9. The van der Waals surface area contributed by atoms with Gasteiger partial charge in [0.1, 0.15) is 24.4 Å². The van der Waals surface area contributed by atoms with Crippen LogP contribution in [-0.4, -0.2) is 87.5 Å². The zero-order valence-corrected chi connectivity index (χ0v) is 48.4. The van der Waals surface area contributed by atoms with Gasteiger partial charge in [-0.25, -0.2) is 0 Å². The number of aliphatic hydroxyl groups excluding tert-OH is 5. The molecule has 0 aliphatic carbocycles. The Morgan fingerprint density at radius 3 is 1.07 bits per heavy atom. The molecule has 1 heterocycles. The summed E-state index contributed by atoms with van der Waals surface area (Å²) in [7, 11) is 0. The first kappa shape index (κ1) is 69.9. The van der Waals surface area contributed by atoms with Crippen molar-refractivity contribution in [1.82, 2.24) is 5.32 Å². The Kier molecular flexibility index (Phi) is 52.0.